The molecule has 118 valence electrons. The zero-order valence-corrected chi connectivity index (χ0v) is 13.9. The Labute approximate surface area is 127 Å². The van der Waals surface area contributed by atoms with E-state index in [-0.39, 0.29) is 5.41 Å². The first-order valence-corrected chi connectivity index (χ1v) is 9.05. The highest BCUT2D eigenvalue weighted by Crippen LogP contribution is 2.35. The summed E-state index contributed by atoms with van der Waals surface area (Å²) in [5.74, 6) is 0.606. The van der Waals surface area contributed by atoms with E-state index < -0.39 is 10.0 Å². The van der Waals surface area contributed by atoms with Gasteiger partial charge in [0.05, 0.1) is 4.90 Å². The number of nitrogens with zero attached hydrogens (tertiary/aromatic N) is 2. The van der Waals surface area contributed by atoms with Crippen LogP contribution in [-0.2, 0) is 10.0 Å². The molecule has 1 aromatic rings. The minimum Gasteiger partial charge on any atom is -0.370 e. The van der Waals surface area contributed by atoms with E-state index >= 15 is 0 Å². The van der Waals surface area contributed by atoms with Gasteiger partial charge >= 0.3 is 0 Å². The van der Waals surface area contributed by atoms with Gasteiger partial charge in [0.2, 0.25) is 10.0 Å². The van der Waals surface area contributed by atoms with Gasteiger partial charge in [0.15, 0.2) is 0 Å². The van der Waals surface area contributed by atoms with Crippen molar-refractivity contribution in [3.8, 4) is 0 Å². The minimum atomic E-state index is -3.41. The Morgan fingerprint density at radius 1 is 1.33 bits per heavy atom. The molecule has 0 aromatic carbocycles. The van der Waals surface area contributed by atoms with E-state index in [2.05, 4.69) is 24.1 Å². The Bertz CT molecular complexity index is 578. The molecular weight excluding hydrogens is 286 g/mol. The van der Waals surface area contributed by atoms with Crippen LogP contribution < -0.4 is 5.32 Å². The molecule has 0 bridgehead atoms. The maximum atomic E-state index is 12.7. The van der Waals surface area contributed by atoms with Gasteiger partial charge in [-0.3, -0.25) is 0 Å². The van der Waals surface area contributed by atoms with E-state index in [9.17, 15) is 8.42 Å². The molecule has 0 saturated carbocycles. The van der Waals surface area contributed by atoms with E-state index in [1.165, 1.54) is 0 Å². The average Bonchev–Trinajstić information content (AvgIpc) is 2.48. The normalized spacial score (nSPS) is 19.4. The molecule has 2 heterocycles. The maximum Gasteiger partial charge on any atom is 0.243 e. The number of piperidine rings is 1. The maximum absolute atomic E-state index is 12.7. The highest BCUT2D eigenvalue weighted by molar-refractivity contribution is 7.89. The fourth-order valence-corrected chi connectivity index (χ4v) is 4.07. The topological polar surface area (TPSA) is 62.3 Å². The molecule has 1 N–H and O–H groups in total. The van der Waals surface area contributed by atoms with Crippen molar-refractivity contribution in [3.05, 3.63) is 18.3 Å². The summed E-state index contributed by atoms with van der Waals surface area (Å²) in [5.41, 5.74) is 0.277. The fourth-order valence-electron chi connectivity index (χ4n) is 2.62. The summed E-state index contributed by atoms with van der Waals surface area (Å²) in [6.45, 7) is 8.30. The monoisotopic (exact) mass is 311 g/mol. The number of pyridine rings is 1. The largest absolute Gasteiger partial charge is 0.370 e. The van der Waals surface area contributed by atoms with Gasteiger partial charge < -0.3 is 5.32 Å². The molecule has 2 rings (SSSR count). The van der Waals surface area contributed by atoms with Crippen LogP contribution in [-0.4, -0.2) is 37.3 Å². The first kappa shape index (κ1) is 16.2. The first-order valence-electron chi connectivity index (χ1n) is 7.61. The molecular formula is C15H25N3O2S. The number of anilines is 1. The van der Waals surface area contributed by atoms with Gasteiger partial charge in [0, 0.05) is 31.9 Å². The van der Waals surface area contributed by atoms with E-state index in [1.54, 1.807) is 22.6 Å². The summed E-state index contributed by atoms with van der Waals surface area (Å²) in [5, 5.41) is 3.05. The molecule has 1 aromatic heterocycles. The molecule has 21 heavy (non-hydrogen) atoms. The molecule has 0 amide bonds. The summed E-state index contributed by atoms with van der Waals surface area (Å²) in [6, 6.07) is 3.19. The summed E-state index contributed by atoms with van der Waals surface area (Å²) in [7, 11) is -3.41. The van der Waals surface area contributed by atoms with Crippen molar-refractivity contribution in [2.75, 3.05) is 25.0 Å². The van der Waals surface area contributed by atoms with Crippen molar-refractivity contribution in [1.29, 1.82) is 0 Å². The third-order valence-corrected chi connectivity index (χ3v) is 6.40. The van der Waals surface area contributed by atoms with Crippen LogP contribution >= 0.6 is 0 Å². The Kier molecular flexibility index (Phi) is 4.88. The Morgan fingerprint density at radius 2 is 2.00 bits per heavy atom. The zero-order valence-electron chi connectivity index (χ0n) is 13.1. The van der Waals surface area contributed by atoms with Gasteiger partial charge in [-0.15, -0.1) is 0 Å². The SMILES string of the molecule is CCNc1cc(S(=O)(=O)N2CCC(C)(CC)CC2)ccn1. The van der Waals surface area contributed by atoms with E-state index in [0.717, 1.165) is 25.8 Å². The summed E-state index contributed by atoms with van der Waals surface area (Å²) in [6.07, 6.45) is 4.49. The number of hydrogen-bond donors (Lipinski definition) is 1. The van der Waals surface area contributed by atoms with Crippen molar-refractivity contribution in [1.82, 2.24) is 9.29 Å². The van der Waals surface area contributed by atoms with Crippen LogP contribution in [0.2, 0.25) is 0 Å². The lowest BCUT2D eigenvalue weighted by molar-refractivity contribution is 0.169. The molecule has 0 atom stereocenters. The standard InChI is InChI=1S/C15H25N3O2S/c1-4-15(3)7-10-18(11-8-15)21(19,20)13-6-9-17-14(12-13)16-5-2/h6,9,12H,4-5,7-8,10-11H2,1-3H3,(H,16,17). The minimum absolute atomic E-state index is 0.277. The summed E-state index contributed by atoms with van der Waals surface area (Å²) in [4.78, 5) is 4.46. The van der Waals surface area contributed by atoms with Crippen LogP contribution in [0.1, 0.15) is 40.0 Å². The van der Waals surface area contributed by atoms with Crippen molar-refractivity contribution < 1.29 is 8.42 Å². The second-order valence-corrected chi connectivity index (χ2v) is 7.91. The van der Waals surface area contributed by atoms with Crippen molar-refractivity contribution >= 4 is 15.8 Å². The van der Waals surface area contributed by atoms with Crippen LogP contribution in [0, 0.1) is 5.41 Å². The Hall–Kier alpha value is -1.14. The summed E-state index contributed by atoms with van der Waals surface area (Å²) >= 11 is 0. The van der Waals surface area contributed by atoms with Gasteiger partial charge in [-0.1, -0.05) is 20.3 Å². The molecule has 0 radical (unpaired) electrons. The van der Waals surface area contributed by atoms with E-state index in [0.29, 0.717) is 23.8 Å². The van der Waals surface area contributed by atoms with Crippen molar-refractivity contribution in [3.63, 3.8) is 0 Å². The molecule has 1 aliphatic heterocycles. The third kappa shape index (κ3) is 3.55. The van der Waals surface area contributed by atoms with Gasteiger partial charge in [-0.25, -0.2) is 13.4 Å². The number of sulfonamides is 1. The van der Waals surface area contributed by atoms with Crippen molar-refractivity contribution in [2.45, 2.75) is 44.9 Å². The zero-order chi connectivity index (χ0) is 15.5. The van der Waals surface area contributed by atoms with Crippen LogP contribution in [0.25, 0.3) is 0 Å². The smallest absolute Gasteiger partial charge is 0.243 e. The Morgan fingerprint density at radius 3 is 2.57 bits per heavy atom. The molecule has 1 fully saturated rings. The molecule has 1 saturated heterocycles. The number of nitrogens with one attached hydrogen (secondary N) is 1. The molecule has 0 aliphatic carbocycles. The third-order valence-electron chi connectivity index (χ3n) is 4.51. The molecule has 5 nitrogen and oxygen atoms in total. The highest BCUT2D eigenvalue weighted by atomic mass is 32.2. The van der Waals surface area contributed by atoms with Crippen LogP contribution in [0.15, 0.2) is 23.2 Å². The predicted octanol–water partition coefficient (Wildman–Crippen LogP) is 2.71. The number of aromatic nitrogens is 1. The van der Waals surface area contributed by atoms with Gasteiger partial charge in [0.1, 0.15) is 5.82 Å². The van der Waals surface area contributed by atoms with Crippen molar-refractivity contribution in [2.24, 2.45) is 5.41 Å². The molecule has 1 aliphatic rings. The predicted molar refractivity (Wildman–Crippen MR) is 84.8 cm³/mol. The second kappa shape index (κ2) is 6.32. The van der Waals surface area contributed by atoms with Gasteiger partial charge in [-0.05, 0) is 31.2 Å². The van der Waals surface area contributed by atoms with Crippen LogP contribution in [0.5, 0.6) is 0 Å². The fraction of sp³-hybridized carbons (Fsp3) is 0.667. The number of hydrogen-bond acceptors (Lipinski definition) is 4. The van der Waals surface area contributed by atoms with Crippen LogP contribution in [0.4, 0.5) is 5.82 Å². The lowest BCUT2D eigenvalue weighted by Gasteiger charge is -2.38. The van der Waals surface area contributed by atoms with E-state index in [4.69, 9.17) is 0 Å². The highest BCUT2D eigenvalue weighted by Gasteiger charge is 2.34. The molecule has 0 unspecified atom stereocenters. The first-order chi connectivity index (χ1) is 9.91. The second-order valence-electron chi connectivity index (χ2n) is 5.98. The van der Waals surface area contributed by atoms with Gasteiger partial charge in [-0.2, -0.15) is 4.31 Å². The lowest BCUT2D eigenvalue weighted by atomic mass is 9.79. The average molecular weight is 311 g/mol. The molecule has 6 heteroatoms. The Balaban J connectivity index is 2.17. The van der Waals surface area contributed by atoms with E-state index in [1.807, 2.05) is 6.92 Å². The quantitative estimate of drug-likeness (QED) is 0.908. The molecule has 0 spiro atoms. The number of rotatable bonds is 5. The summed E-state index contributed by atoms with van der Waals surface area (Å²) < 4.78 is 27.0. The lowest BCUT2D eigenvalue weighted by Crippen LogP contribution is -2.41. The van der Waals surface area contributed by atoms with Gasteiger partial charge in [0.25, 0.3) is 0 Å². The van der Waals surface area contributed by atoms with Crippen LogP contribution in [0.3, 0.4) is 0 Å².